The molecule has 16 heavy (non-hydrogen) atoms. The van der Waals surface area contributed by atoms with E-state index in [1.165, 1.54) is 0 Å². The lowest BCUT2D eigenvalue weighted by Gasteiger charge is -2.23. The molecule has 0 fully saturated rings. The van der Waals surface area contributed by atoms with Gasteiger partial charge in [-0.3, -0.25) is 9.59 Å². The Morgan fingerprint density at radius 1 is 1.44 bits per heavy atom. The number of nitrogens with two attached hydrogens (primary N) is 1. The summed E-state index contributed by atoms with van der Waals surface area (Å²) in [6, 6.07) is 0. The summed E-state index contributed by atoms with van der Waals surface area (Å²) < 4.78 is 0. The molecule has 5 nitrogen and oxygen atoms in total. The van der Waals surface area contributed by atoms with Gasteiger partial charge in [-0.15, -0.1) is 0 Å². The van der Waals surface area contributed by atoms with Crippen molar-refractivity contribution in [2.45, 2.75) is 33.6 Å². The Morgan fingerprint density at radius 2 is 2.00 bits per heavy atom. The van der Waals surface area contributed by atoms with Gasteiger partial charge in [0.15, 0.2) is 0 Å². The van der Waals surface area contributed by atoms with E-state index >= 15 is 0 Å². The van der Waals surface area contributed by atoms with E-state index in [1.807, 2.05) is 6.92 Å². The van der Waals surface area contributed by atoms with Gasteiger partial charge in [0.05, 0.1) is 5.41 Å². The molecular weight excluding hydrogens is 208 g/mol. The summed E-state index contributed by atoms with van der Waals surface area (Å²) in [5.74, 6) is -0.979. The van der Waals surface area contributed by atoms with Gasteiger partial charge in [-0.2, -0.15) is 0 Å². The SMILES string of the molecule is CCC(CNC(=O)C(C)(C)CN)CC(=O)O. The van der Waals surface area contributed by atoms with Gasteiger partial charge in [0.2, 0.25) is 5.91 Å². The van der Waals surface area contributed by atoms with E-state index in [9.17, 15) is 9.59 Å². The summed E-state index contributed by atoms with van der Waals surface area (Å²) in [5, 5.41) is 11.4. The second-order valence-corrected chi connectivity index (χ2v) is 4.67. The topological polar surface area (TPSA) is 92.4 Å². The minimum Gasteiger partial charge on any atom is -0.481 e. The van der Waals surface area contributed by atoms with Crippen LogP contribution in [0.3, 0.4) is 0 Å². The Labute approximate surface area is 96.4 Å². The third kappa shape index (κ3) is 5.11. The first-order chi connectivity index (χ1) is 7.33. The number of carboxylic acids is 1. The Balaban J connectivity index is 4.12. The van der Waals surface area contributed by atoms with E-state index < -0.39 is 11.4 Å². The molecule has 1 unspecified atom stereocenters. The van der Waals surface area contributed by atoms with Gasteiger partial charge in [0, 0.05) is 19.5 Å². The summed E-state index contributed by atoms with van der Waals surface area (Å²) in [7, 11) is 0. The average molecular weight is 230 g/mol. The van der Waals surface area contributed by atoms with Crippen LogP contribution in [0.2, 0.25) is 0 Å². The zero-order chi connectivity index (χ0) is 12.8. The molecule has 0 spiro atoms. The molecule has 0 aromatic rings. The molecule has 0 saturated heterocycles. The first kappa shape index (κ1) is 14.9. The van der Waals surface area contributed by atoms with Crippen LogP contribution in [0.15, 0.2) is 0 Å². The molecule has 0 aliphatic heterocycles. The molecule has 0 bridgehead atoms. The van der Waals surface area contributed by atoms with Crippen LogP contribution in [0.1, 0.15) is 33.6 Å². The van der Waals surface area contributed by atoms with Crippen molar-refractivity contribution in [2.75, 3.05) is 13.1 Å². The molecule has 4 N–H and O–H groups in total. The van der Waals surface area contributed by atoms with Crippen LogP contribution in [0.25, 0.3) is 0 Å². The number of hydrogen-bond acceptors (Lipinski definition) is 3. The Bertz CT molecular complexity index is 252. The number of aliphatic carboxylic acids is 1. The maximum absolute atomic E-state index is 11.7. The Kier molecular flexibility index (Phi) is 6.03. The van der Waals surface area contributed by atoms with Crippen LogP contribution in [0, 0.1) is 11.3 Å². The first-order valence-electron chi connectivity index (χ1n) is 5.53. The third-order valence-electron chi connectivity index (χ3n) is 2.72. The van der Waals surface area contributed by atoms with E-state index in [1.54, 1.807) is 13.8 Å². The number of carboxylic acid groups (broad SMARTS) is 1. The van der Waals surface area contributed by atoms with Crippen LogP contribution in [-0.2, 0) is 9.59 Å². The van der Waals surface area contributed by atoms with Crippen LogP contribution < -0.4 is 11.1 Å². The highest BCUT2D eigenvalue weighted by molar-refractivity contribution is 5.82. The van der Waals surface area contributed by atoms with Gasteiger partial charge in [-0.05, 0) is 19.8 Å². The van der Waals surface area contributed by atoms with Gasteiger partial charge in [0.25, 0.3) is 0 Å². The zero-order valence-electron chi connectivity index (χ0n) is 10.2. The molecule has 1 atom stereocenters. The molecule has 0 aliphatic carbocycles. The molecule has 0 radical (unpaired) electrons. The van der Waals surface area contributed by atoms with Crippen LogP contribution in [0.4, 0.5) is 0 Å². The Hall–Kier alpha value is -1.10. The van der Waals surface area contributed by atoms with Gasteiger partial charge >= 0.3 is 5.97 Å². The van der Waals surface area contributed by atoms with Gasteiger partial charge < -0.3 is 16.2 Å². The lowest BCUT2D eigenvalue weighted by molar-refractivity contribution is -0.138. The minimum atomic E-state index is -0.834. The van der Waals surface area contributed by atoms with E-state index in [-0.39, 0.29) is 24.8 Å². The van der Waals surface area contributed by atoms with Gasteiger partial charge in [0.1, 0.15) is 0 Å². The molecule has 0 aromatic heterocycles. The fraction of sp³-hybridized carbons (Fsp3) is 0.818. The standard InChI is InChI=1S/C11H22N2O3/c1-4-8(5-9(14)15)6-13-10(16)11(2,3)7-12/h8H,4-7,12H2,1-3H3,(H,13,16)(H,14,15). The van der Waals surface area contributed by atoms with Crippen LogP contribution in [-0.4, -0.2) is 30.1 Å². The van der Waals surface area contributed by atoms with Gasteiger partial charge in [-0.1, -0.05) is 13.3 Å². The summed E-state index contributed by atoms with van der Waals surface area (Å²) in [4.78, 5) is 22.2. The number of nitrogens with one attached hydrogen (secondary N) is 1. The van der Waals surface area contributed by atoms with E-state index in [0.717, 1.165) is 6.42 Å². The van der Waals surface area contributed by atoms with Crippen LogP contribution in [0.5, 0.6) is 0 Å². The molecular formula is C11H22N2O3. The van der Waals surface area contributed by atoms with Crippen molar-refractivity contribution in [2.24, 2.45) is 17.1 Å². The highest BCUT2D eigenvalue weighted by Crippen LogP contribution is 2.13. The number of amides is 1. The second-order valence-electron chi connectivity index (χ2n) is 4.67. The first-order valence-corrected chi connectivity index (χ1v) is 5.53. The predicted molar refractivity (Wildman–Crippen MR) is 61.9 cm³/mol. The maximum Gasteiger partial charge on any atom is 0.303 e. The van der Waals surface area contributed by atoms with Crippen molar-refractivity contribution in [3.05, 3.63) is 0 Å². The van der Waals surface area contributed by atoms with E-state index in [4.69, 9.17) is 10.8 Å². The number of carbonyl (C=O) groups is 2. The van der Waals surface area contributed by atoms with E-state index in [2.05, 4.69) is 5.32 Å². The molecule has 0 saturated carbocycles. The highest BCUT2D eigenvalue weighted by Gasteiger charge is 2.26. The van der Waals surface area contributed by atoms with Crippen molar-refractivity contribution in [3.63, 3.8) is 0 Å². The average Bonchev–Trinajstić information content (AvgIpc) is 2.22. The summed E-state index contributed by atoms with van der Waals surface area (Å²) in [6.07, 6.45) is 0.815. The summed E-state index contributed by atoms with van der Waals surface area (Å²) >= 11 is 0. The molecule has 1 amide bonds. The summed E-state index contributed by atoms with van der Waals surface area (Å²) in [6.45, 7) is 6.11. The Morgan fingerprint density at radius 3 is 2.38 bits per heavy atom. The largest absolute Gasteiger partial charge is 0.481 e. The van der Waals surface area contributed by atoms with Crippen molar-refractivity contribution in [3.8, 4) is 0 Å². The van der Waals surface area contributed by atoms with Crippen molar-refractivity contribution < 1.29 is 14.7 Å². The fourth-order valence-corrected chi connectivity index (χ4v) is 1.18. The predicted octanol–water partition coefficient (Wildman–Crippen LogP) is 0.588. The highest BCUT2D eigenvalue weighted by atomic mass is 16.4. The lowest BCUT2D eigenvalue weighted by Crippen LogP contribution is -2.43. The molecule has 5 heteroatoms. The lowest BCUT2D eigenvalue weighted by atomic mass is 9.92. The van der Waals surface area contributed by atoms with Crippen molar-refractivity contribution in [1.29, 1.82) is 0 Å². The van der Waals surface area contributed by atoms with E-state index in [0.29, 0.717) is 6.54 Å². The molecule has 0 rings (SSSR count). The normalized spacial score (nSPS) is 13.2. The quantitative estimate of drug-likeness (QED) is 0.596. The fourth-order valence-electron chi connectivity index (χ4n) is 1.18. The second kappa shape index (κ2) is 6.48. The monoisotopic (exact) mass is 230 g/mol. The zero-order valence-corrected chi connectivity index (χ0v) is 10.2. The maximum atomic E-state index is 11.7. The molecule has 94 valence electrons. The molecule has 0 aliphatic rings. The molecule has 0 aromatic carbocycles. The molecule has 0 heterocycles. The van der Waals surface area contributed by atoms with Crippen LogP contribution >= 0.6 is 0 Å². The number of rotatable bonds is 7. The smallest absolute Gasteiger partial charge is 0.303 e. The number of hydrogen-bond donors (Lipinski definition) is 3. The van der Waals surface area contributed by atoms with Gasteiger partial charge in [-0.25, -0.2) is 0 Å². The van der Waals surface area contributed by atoms with Crippen molar-refractivity contribution in [1.82, 2.24) is 5.32 Å². The third-order valence-corrected chi connectivity index (χ3v) is 2.72. The summed E-state index contributed by atoms with van der Waals surface area (Å²) in [5.41, 5.74) is 4.88. The van der Waals surface area contributed by atoms with Crippen molar-refractivity contribution >= 4 is 11.9 Å². The number of carbonyl (C=O) groups excluding carboxylic acids is 1. The minimum absolute atomic E-state index is 0.0185.